The van der Waals surface area contributed by atoms with Crippen LogP contribution >= 0.6 is 11.6 Å². The molecule has 0 atom stereocenters. The third-order valence-corrected chi connectivity index (χ3v) is 4.14. The van der Waals surface area contributed by atoms with E-state index in [1.807, 2.05) is 27.1 Å². The number of nitrogens with zero attached hydrogens (tertiary/aromatic N) is 4. The number of aromatic carboxylic acids is 1. The Bertz CT molecular complexity index is 946. The Morgan fingerprint density at radius 2 is 2.12 bits per heavy atom. The van der Waals surface area contributed by atoms with Crippen molar-refractivity contribution in [1.82, 2.24) is 19.6 Å². The Balaban J connectivity index is 2.02. The second-order valence-electron chi connectivity index (χ2n) is 5.48. The molecule has 0 aliphatic rings. The molecule has 25 heavy (non-hydrogen) atoms. The van der Waals surface area contributed by atoms with E-state index in [-0.39, 0.29) is 10.6 Å². The number of rotatable bonds is 5. The molecule has 2 aromatic heterocycles. The highest BCUT2D eigenvalue weighted by Crippen LogP contribution is 2.28. The van der Waals surface area contributed by atoms with Crippen LogP contribution < -0.4 is 4.74 Å². The maximum atomic E-state index is 11.3. The predicted octanol–water partition coefficient (Wildman–Crippen LogP) is 3.33. The predicted molar refractivity (Wildman–Crippen MR) is 93.6 cm³/mol. The molecule has 0 radical (unpaired) electrons. The molecule has 3 rings (SSSR count). The highest BCUT2D eigenvalue weighted by atomic mass is 35.5. The standard InChI is InChI=1S/C17H17ClN4O3/c1-4-25-15-10(2)16(21(3)20-15)22-9-12(8-19-22)11-5-6-14(18)13(7-11)17(23)24/h5-9H,4H2,1-3H3,(H,23,24). The third kappa shape index (κ3) is 3.10. The van der Waals surface area contributed by atoms with Crippen LogP contribution in [-0.2, 0) is 7.05 Å². The van der Waals surface area contributed by atoms with Gasteiger partial charge >= 0.3 is 5.97 Å². The van der Waals surface area contributed by atoms with E-state index < -0.39 is 5.97 Å². The zero-order valence-corrected chi connectivity index (χ0v) is 14.8. The number of hydrogen-bond donors (Lipinski definition) is 1. The smallest absolute Gasteiger partial charge is 0.337 e. The number of carbonyl (C=O) groups is 1. The lowest BCUT2D eigenvalue weighted by Gasteiger charge is -2.04. The SMILES string of the molecule is CCOc1nn(C)c(-n2cc(-c3ccc(Cl)c(C(=O)O)c3)cn2)c1C. The van der Waals surface area contributed by atoms with Crippen molar-refractivity contribution < 1.29 is 14.6 Å². The first-order chi connectivity index (χ1) is 11.9. The molecule has 1 aromatic carbocycles. The van der Waals surface area contributed by atoms with Gasteiger partial charge in [0, 0.05) is 18.8 Å². The summed E-state index contributed by atoms with van der Waals surface area (Å²) in [6.45, 7) is 4.35. The van der Waals surface area contributed by atoms with Gasteiger partial charge in [0.05, 0.1) is 29.0 Å². The van der Waals surface area contributed by atoms with Crippen LogP contribution in [0.2, 0.25) is 5.02 Å². The number of aromatic nitrogens is 4. The van der Waals surface area contributed by atoms with E-state index in [9.17, 15) is 9.90 Å². The van der Waals surface area contributed by atoms with Gasteiger partial charge in [-0.3, -0.25) is 0 Å². The second kappa shape index (κ2) is 6.60. The van der Waals surface area contributed by atoms with Gasteiger partial charge in [-0.1, -0.05) is 17.7 Å². The van der Waals surface area contributed by atoms with Crippen LogP contribution in [0.15, 0.2) is 30.6 Å². The quantitative estimate of drug-likeness (QED) is 0.754. The fourth-order valence-corrected chi connectivity index (χ4v) is 2.85. The minimum absolute atomic E-state index is 0.0577. The average molecular weight is 361 g/mol. The molecule has 130 valence electrons. The Labute approximate surface area is 149 Å². The number of hydrogen-bond acceptors (Lipinski definition) is 4. The van der Waals surface area contributed by atoms with Gasteiger partial charge in [-0.05, 0) is 31.5 Å². The van der Waals surface area contributed by atoms with Crippen LogP contribution in [0.4, 0.5) is 0 Å². The van der Waals surface area contributed by atoms with E-state index >= 15 is 0 Å². The molecule has 1 N–H and O–H groups in total. The highest BCUT2D eigenvalue weighted by Gasteiger charge is 2.17. The Kier molecular flexibility index (Phi) is 4.50. The largest absolute Gasteiger partial charge is 0.478 e. The van der Waals surface area contributed by atoms with Crippen molar-refractivity contribution in [2.45, 2.75) is 13.8 Å². The number of benzene rings is 1. The summed E-state index contributed by atoms with van der Waals surface area (Å²) in [4.78, 5) is 11.3. The van der Waals surface area contributed by atoms with Gasteiger partial charge in [0.1, 0.15) is 0 Å². The van der Waals surface area contributed by atoms with Crippen LogP contribution in [0, 0.1) is 6.92 Å². The molecular weight excluding hydrogens is 344 g/mol. The van der Waals surface area contributed by atoms with E-state index in [1.165, 1.54) is 6.07 Å². The Hall–Kier alpha value is -2.80. The van der Waals surface area contributed by atoms with E-state index in [0.717, 1.165) is 22.5 Å². The molecule has 0 spiro atoms. The van der Waals surface area contributed by atoms with Crippen molar-refractivity contribution in [3.05, 3.63) is 46.7 Å². The van der Waals surface area contributed by atoms with Crippen LogP contribution in [0.25, 0.3) is 16.9 Å². The first kappa shape index (κ1) is 17.0. The molecule has 0 bridgehead atoms. The van der Waals surface area contributed by atoms with Gasteiger partial charge in [-0.2, -0.15) is 5.10 Å². The van der Waals surface area contributed by atoms with Gasteiger partial charge in [0.25, 0.3) is 0 Å². The van der Waals surface area contributed by atoms with Gasteiger partial charge in [0.2, 0.25) is 5.88 Å². The molecule has 0 amide bonds. The van der Waals surface area contributed by atoms with E-state index in [0.29, 0.717) is 12.5 Å². The number of carboxylic acids is 1. The van der Waals surface area contributed by atoms with Crippen LogP contribution in [0.1, 0.15) is 22.8 Å². The summed E-state index contributed by atoms with van der Waals surface area (Å²) < 4.78 is 8.90. The Morgan fingerprint density at radius 3 is 2.80 bits per heavy atom. The normalized spacial score (nSPS) is 10.9. The number of ether oxygens (including phenoxy) is 1. The molecule has 0 unspecified atom stereocenters. The van der Waals surface area contributed by atoms with Gasteiger partial charge in [-0.25, -0.2) is 14.2 Å². The lowest BCUT2D eigenvalue weighted by Crippen LogP contribution is -2.04. The monoisotopic (exact) mass is 360 g/mol. The average Bonchev–Trinajstić information content (AvgIpc) is 3.13. The van der Waals surface area contributed by atoms with E-state index in [1.54, 1.807) is 27.7 Å². The minimum atomic E-state index is -1.07. The van der Waals surface area contributed by atoms with Crippen molar-refractivity contribution in [2.75, 3.05) is 6.61 Å². The van der Waals surface area contributed by atoms with Crippen molar-refractivity contribution in [1.29, 1.82) is 0 Å². The number of halogens is 1. The van der Waals surface area contributed by atoms with Crippen LogP contribution in [-0.4, -0.2) is 37.2 Å². The zero-order chi connectivity index (χ0) is 18.1. The van der Waals surface area contributed by atoms with Gasteiger partial charge < -0.3 is 9.84 Å². The maximum Gasteiger partial charge on any atom is 0.337 e. The van der Waals surface area contributed by atoms with Gasteiger partial charge in [-0.15, -0.1) is 5.10 Å². The summed E-state index contributed by atoms with van der Waals surface area (Å²) in [6, 6.07) is 4.87. The summed E-state index contributed by atoms with van der Waals surface area (Å²) >= 11 is 5.93. The van der Waals surface area contributed by atoms with Crippen molar-refractivity contribution in [3.8, 4) is 22.8 Å². The molecule has 2 heterocycles. The van der Waals surface area contributed by atoms with Crippen molar-refractivity contribution >= 4 is 17.6 Å². The molecule has 0 aliphatic carbocycles. The second-order valence-corrected chi connectivity index (χ2v) is 5.89. The van der Waals surface area contributed by atoms with E-state index in [2.05, 4.69) is 10.2 Å². The van der Waals surface area contributed by atoms with Crippen LogP contribution in [0.5, 0.6) is 5.88 Å². The Morgan fingerprint density at radius 1 is 1.36 bits per heavy atom. The number of aryl methyl sites for hydroxylation is 1. The van der Waals surface area contributed by atoms with Crippen molar-refractivity contribution in [2.24, 2.45) is 7.05 Å². The molecular formula is C17H17ClN4O3. The summed E-state index contributed by atoms with van der Waals surface area (Å²) in [7, 11) is 1.82. The van der Waals surface area contributed by atoms with Crippen molar-refractivity contribution in [3.63, 3.8) is 0 Å². The fraction of sp³-hybridized carbons (Fsp3) is 0.235. The number of carboxylic acid groups (broad SMARTS) is 1. The summed E-state index contributed by atoms with van der Waals surface area (Å²) in [6.07, 6.45) is 3.48. The zero-order valence-electron chi connectivity index (χ0n) is 14.0. The first-order valence-corrected chi connectivity index (χ1v) is 8.04. The highest BCUT2D eigenvalue weighted by molar-refractivity contribution is 6.33. The summed E-state index contributed by atoms with van der Waals surface area (Å²) in [5.41, 5.74) is 2.43. The summed E-state index contributed by atoms with van der Waals surface area (Å²) in [5, 5.41) is 18.1. The third-order valence-electron chi connectivity index (χ3n) is 3.81. The molecule has 7 nitrogen and oxygen atoms in total. The molecule has 0 aliphatic heterocycles. The topological polar surface area (TPSA) is 82.2 Å². The van der Waals surface area contributed by atoms with E-state index in [4.69, 9.17) is 16.3 Å². The summed E-state index contributed by atoms with van der Waals surface area (Å²) in [5.74, 6) is 0.280. The van der Waals surface area contributed by atoms with Gasteiger partial charge in [0.15, 0.2) is 5.82 Å². The molecule has 0 saturated heterocycles. The maximum absolute atomic E-state index is 11.3. The minimum Gasteiger partial charge on any atom is -0.478 e. The lowest BCUT2D eigenvalue weighted by atomic mass is 10.1. The van der Waals surface area contributed by atoms with Crippen LogP contribution in [0.3, 0.4) is 0 Å². The lowest BCUT2D eigenvalue weighted by molar-refractivity contribution is 0.0697. The fourth-order valence-electron chi connectivity index (χ4n) is 2.65. The first-order valence-electron chi connectivity index (χ1n) is 7.67. The molecule has 0 fully saturated rings. The molecule has 0 saturated carbocycles. The molecule has 8 heteroatoms. The molecule has 3 aromatic rings.